The van der Waals surface area contributed by atoms with Gasteiger partial charge < -0.3 is 10.2 Å². The van der Waals surface area contributed by atoms with Crippen LogP contribution in [0.4, 0.5) is 0 Å². The summed E-state index contributed by atoms with van der Waals surface area (Å²) in [6, 6.07) is 0.578. The highest BCUT2D eigenvalue weighted by Gasteiger charge is 2.41. The topological polar surface area (TPSA) is 35.6 Å². The van der Waals surface area contributed by atoms with E-state index in [0.29, 0.717) is 12.0 Å². The van der Waals surface area contributed by atoms with Crippen molar-refractivity contribution in [3.63, 3.8) is 0 Å². The third-order valence-electron chi connectivity index (χ3n) is 4.61. The van der Waals surface area contributed by atoms with Gasteiger partial charge in [0.05, 0.1) is 6.54 Å². The highest BCUT2D eigenvalue weighted by atomic mass is 16.2. The standard InChI is InChI=1S/C15H29N3O/c1-12(2)18(13(3)4)14(19)9-17-8-6-15(11-17)5-7-16-10-15/h12-13,16H,5-11H2,1-4H3. The zero-order valence-corrected chi connectivity index (χ0v) is 12.9. The average Bonchev–Trinajstić information content (AvgIpc) is 2.89. The molecular weight excluding hydrogens is 238 g/mol. The summed E-state index contributed by atoms with van der Waals surface area (Å²) in [6.45, 7) is 13.5. The van der Waals surface area contributed by atoms with Crippen LogP contribution in [-0.2, 0) is 4.79 Å². The van der Waals surface area contributed by atoms with Gasteiger partial charge in [-0.2, -0.15) is 0 Å². The molecule has 0 aromatic heterocycles. The highest BCUT2D eigenvalue weighted by Crippen LogP contribution is 2.35. The number of carbonyl (C=O) groups excluding carboxylic acids is 1. The minimum absolute atomic E-state index is 0.285. The summed E-state index contributed by atoms with van der Waals surface area (Å²) >= 11 is 0. The maximum absolute atomic E-state index is 12.5. The van der Waals surface area contributed by atoms with E-state index in [4.69, 9.17) is 0 Å². The third kappa shape index (κ3) is 3.29. The number of likely N-dealkylation sites (tertiary alicyclic amines) is 1. The quantitative estimate of drug-likeness (QED) is 0.834. The molecule has 0 radical (unpaired) electrons. The lowest BCUT2D eigenvalue weighted by atomic mass is 9.87. The number of hydrogen-bond donors (Lipinski definition) is 1. The third-order valence-corrected chi connectivity index (χ3v) is 4.61. The van der Waals surface area contributed by atoms with Gasteiger partial charge in [-0.3, -0.25) is 9.69 Å². The van der Waals surface area contributed by atoms with Crippen LogP contribution >= 0.6 is 0 Å². The fourth-order valence-electron chi connectivity index (χ4n) is 3.75. The van der Waals surface area contributed by atoms with Crippen molar-refractivity contribution in [3.8, 4) is 0 Å². The fourth-order valence-corrected chi connectivity index (χ4v) is 3.75. The molecule has 4 heteroatoms. The Bertz CT molecular complexity index is 313. The molecule has 2 saturated heterocycles. The molecule has 1 N–H and O–H groups in total. The summed E-state index contributed by atoms with van der Waals surface area (Å²) in [5.41, 5.74) is 0.459. The monoisotopic (exact) mass is 267 g/mol. The first-order valence-corrected chi connectivity index (χ1v) is 7.68. The summed E-state index contributed by atoms with van der Waals surface area (Å²) in [5, 5.41) is 3.47. The van der Waals surface area contributed by atoms with E-state index in [2.05, 4.69) is 37.9 Å². The molecular formula is C15H29N3O. The molecule has 19 heavy (non-hydrogen) atoms. The Balaban J connectivity index is 1.89. The molecule has 4 nitrogen and oxygen atoms in total. The molecule has 2 heterocycles. The molecule has 1 amide bonds. The number of nitrogens with one attached hydrogen (secondary N) is 1. The molecule has 0 saturated carbocycles. The van der Waals surface area contributed by atoms with Crippen molar-refractivity contribution in [2.45, 2.75) is 52.6 Å². The van der Waals surface area contributed by atoms with Crippen LogP contribution in [0.2, 0.25) is 0 Å². The van der Waals surface area contributed by atoms with Crippen molar-refractivity contribution in [2.24, 2.45) is 5.41 Å². The summed E-state index contributed by atoms with van der Waals surface area (Å²) in [6.07, 6.45) is 2.52. The van der Waals surface area contributed by atoms with Gasteiger partial charge in [-0.25, -0.2) is 0 Å². The Morgan fingerprint density at radius 1 is 1.26 bits per heavy atom. The van der Waals surface area contributed by atoms with Gasteiger partial charge in [0.2, 0.25) is 5.91 Å². The molecule has 110 valence electrons. The molecule has 2 aliphatic heterocycles. The Kier molecular flexibility index (Phi) is 4.51. The van der Waals surface area contributed by atoms with Crippen LogP contribution in [0.5, 0.6) is 0 Å². The second-order valence-electron chi connectivity index (χ2n) is 6.88. The second-order valence-corrected chi connectivity index (χ2v) is 6.88. The highest BCUT2D eigenvalue weighted by molar-refractivity contribution is 5.78. The van der Waals surface area contributed by atoms with Gasteiger partial charge in [0, 0.05) is 25.2 Å². The SMILES string of the molecule is CC(C)N(C(=O)CN1CCC2(CCNC2)C1)C(C)C. The van der Waals surface area contributed by atoms with Crippen LogP contribution < -0.4 is 5.32 Å². The fraction of sp³-hybridized carbons (Fsp3) is 0.933. The van der Waals surface area contributed by atoms with Crippen molar-refractivity contribution in [1.82, 2.24) is 15.1 Å². The molecule has 0 bridgehead atoms. The normalized spacial score (nSPS) is 27.9. The first-order chi connectivity index (χ1) is 8.93. The van der Waals surface area contributed by atoms with Gasteiger partial charge in [-0.15, -0.1) is 0 Å². The van der Waals surface area contributed by atoms with Crippen molar-refractivity contribution < 1.29 is 4.79 Å². The first-order valence-electron chi connectivity index (χ1n) is 7.68. The number of nitrogens with zero attached hydrogens (tertiary/aromatic N) is 2. The average molecular weight is 267 g/mol. The minimum atomic E-state index is 0.285. The lowest BCUT2D eigenvalue weighted by Gasteiger charge is -2.32. The van der Waals surface area contributed by atoms with Crippen LogP contribution in [0.1, 0.15) is 40.5 Å². The van der Waals surface area contributed by atoms with Crippen LogP contribution in [0, 0.1) is 5.41 Å². The summed E-state index contributed by atoms with van der Waals surface area (Å²) in [7, 11) is 0. The molecule has 2 rings (SSSR count). The Labute approximate surface area is 117 Å². The predicted octanol–water partition coefficient (Wildman–Crippen LogP) is 1.32. The zero-order valence-electron chi connectivity index (χ0n) is 12.9. The second kappa shape index (κ2) is 5.80. The van der Waals surface area contributed by atoms with Crippen LogP contribution in [0.15, 0.2) is 0 Å². The Morgan fingerprint density at radius 3 is 2.47 bits per heavy atom. The molecule has 1 unspecified atom stereocenters. The maximum atomic E-state index is 12.5. The van der Waals surface area contributed by atoms with E-state index in [1.54, 1.807) is 0 Å². The Morgan fingerprint density at radius 2 is 1.95 bits per heavy atom. The van der Waals surface area contributed by atoms with Gasteiger partial charge in [0.15, 0.2) is 0 Å². The number of amides is 1. The van der Waals surface area contributed by atoms with Gasteiger partial charge in [-0.05, 0) is 59.0 Å². The number of carbonyl (C=O) groups is 1. The number of rotatable bonds is 4. The van der Waals surface area contributed by atoms with Crippen molar-refractivity contribution in [3.05, 3.63) is 0 Å². The summed E-state index contributed by atoms with van der Waals surface area (Å²) < 4.78 is 0. The smallest absolute Gasteiger partial charge is 0.237 e. The molecule has 2 fully saturated rings. The van der Waals surface area contributed by atoms with Crippen molar-refractivity contribution >= 4 is 5.91 Å². The zero-order chi connectivity index (χ0) is 14.0. The number of hydrogen-bond acceptors (Lipinski definition) is 3. The van der Waals surface area contributed by atoms with Crippen molar-refractivity contribution in [2.75, 3.05) is 32.7 Å². The molecule has 2 aliphatic rings. The van der Waals surface area contributed by atoms with Gasteiger partial charge in [-0.1, -0.05) is 0 Å². The van der Waals surface area contributed by atoms with E-state index >= 15 is 0 Å². The first kappa shape index (κ1) is 14.8. The van der Waals surface area contributed by atoms with Gasteiger partial charge >= 0.3 is 0 Å². The largest absolute Gasteiger partial charge is 0.337 e. The molecule has 0 aliphatic carbocycles. The van der Waals surface area contributed by atoms with E-state index in [1.165, 1.54) is 12.8 Å². The van der Waals surface area contributed by atoms with E-state index < -0.39 is 0 Å². The van der Waals surface area contributed by atoms with Crippen molar-refractivity contribution in [1.29, 1.82) is 0 Å². The lowest BCUT2D eigenvalue weighted by molar-refractivity contribution is -0.135. The predicted molar refractivity (Wildman–Crippen MR) is 78.1 cm³/mol. The van der Waals surface area contributed by atoms with E-state index in [1.807, 2.05) is 4.90 Å². The van der Waals surface area contributed by atoms with E-state index in [0.717, 1.165) is 26.2 Å². The van der Waals surface area contributed by atoms with Crippen LogP contribution in [0.3, 0.4) is 0 Å². The Hall–Kier alpha value is -0.610. The minimum Gasteiger partial charge on any atom is -0.337 e. The van der Waals surface area contributed by atoms with E-state index in [9.17, 15) is 4.79 Å². The molecule has 1 spiro atoms. The van der Waals surface area contributed by atoms with Gasteiger partial charge in [0.1, 0.15) is 0 Å². The summed E-state index contributed by atoms with van der Waals surface area (Å²) in [4.78, 5) is 16.8. The van der Waals surface area contributed by atoms with E-state index in [-0.39, 0.29) is 18.0 Å². The lowest BCUT2D eigenvalue weighted by Crippen LogP contribution is -2.47. The molecule has 1 atom stereocenters. The molecule has 0 aromatic rings. The maximum Gasteiger partial charge on any atom is 0.237 e. The van der Waals surface area contributed by atoms with Gasteiger partial charge in [0.25, 0.3) is 0 Å². The van der Waals surface area contributed by atoms with Crippen LogP contribution in [-0.4, -0.2) is 60.5 Å². The summed E-state index contributed by atoms with van der Waals surface area (Å²) in [5.74, 6) is 0.285. The molecule has 0 aromatic carbocycles. The van der Waals surface area contributed by atoms with Crippen LogP contribution in [0.25, 0.3) is 0 Å².